The van der Waals surface area contributed by atoms with Gasteiger partial charge in [-0.1, -0.05) is 12.1 Å². The van der Waals surface area contributed by atoms with Gasteiger partial charge < -0.3 is 19.8 Å². The summed E-state index contributed by atoms with van der Waals surface area (Å²) >= 11 is 0. The van der Waals surface area contributed by atoms with Crippen LogP contribution in [0.25, 0.3) is 0 Å². The Kier molecular flexibility index (Phi) is 5.59. The summed E-state index contributed by atoms with van der Waals surface area (Å²) in [6.07, 6.45) is 2.13. The maximum absolute atomic E-state index is 11.6. The third-order valence-corrected chi connectivity index (χ3v) is 3.04. The van der Waals surface area contributed by atoms with Gasteiger partial charge in [0.2, 0.25) is 0 Å². The summed E-state index contributed by atoms with van der Waals surface area (Å²) in [5.41, 5.74) is 1.02. The van der Waals surface area contributed by atoms with Gasteiger partial charge in [-0.2, -0.15) is 0 Å². The third kappa shape index (κ3) is 4.66. The lowest BCUT2D eigenvalue weighted by atomic mass is 10.1. The van der Waals surface area contributed by atoms with Crippen LogP contribution in [0, 0.1) is 0 Å². The highest BCUT2D eigenvalue weighted by molar-refractivity contribution is 6.35. The van der Waals surface area contributed by atoms with Crippen molar-refractivity contribution in [3.8, 4) is 5.75 Å². The average Bonchev–Trinajstić information content (AvgIpc) is 3.06. The SMILES string of the molecule is COc1cccc(CCNC(=O)C(=O)NCc2ccco2)c1. The van der Waals surface area contributed by atoms with Crippen LogP contribution in [0.15, 0.2) is 47.1 Å². The standard InChI is InChI=1S/C16H18N2O4/c1-21-13-5-2-4-12(10-13)7-8-17-15(19)16(20)18-11-14-6-3-9-22-14/h2-6,9-10H,7-8,11H2,1H3,(H,17,19)(H,18,20). The summed E-state index contributed by atoms with van der Waals surface area (Å²) in [6, 6.07) is 11.0. The molecule has 1 aromatic heterocycles. The summed E-state index contributed by atoms with van der Waals surface area (Å²) in [6.45, 7) is 0.565. The average molecular weight is 302 g/mol. The maximum Gasteiger partial charge on any atom is 0.309 e. The molecule has 1 aromatic carbocycles. The van der Waals surface area contributed by atoms with Crippen molar-refractivity contribution in [2.24, 2.45) is 0 Å². The van der Waals surface area contributed by atoms with Crippen LogP contribution in [0.5, 0.6) is 5.75 Å². The zero-order valence-electron chi connectivity index (χ0n) is 12.3. The maximum atomic E-state index is 11.6. The Morgan fingerprint density at radius 2 is 1.95 bits per heavy atom. The molecule has 2 N–H and O–H groups in total. The van der Waals surface area contributed by atoms with E-state index in [0.717, 1.165) is 11.3 Å². The van der Waals surface area contributed by atoms with Crippen molar-refractivity contribution in [2.75, 3.05) is 13.7 Å². The molecule has 0 saturated carbocycles. The molecule has 2 aromatic rings. The molecule has 2 amide bonds. The normalized spacial score (nSPS) is 10.0. The molecule has 0 atom stereocenters. The quantitative estimate of drug-likeness (QED) is 0.787. The van der Waals surface area contributed by atoms with Gasteiger partial charge in [-0.05, 0) is 36.2 Å². The van der Waals surface area contributed by atoms with Gasteiger partial charge in [0.1, 0.15) is 11.5 Å². The van der Waals surface area contributed by atoms with Gasteiger partial charge in [0, 0.05) is 6.54 Å². The van der Waals surface area contributed by atoms with Crippen LogP contribution in [-0.4, -0.2) is 25.5 Å². The molecule has 1 heterocycles. The lowest BCUT2D eigenvalue weighted by Gasteiger charge is -2.07. The van der Waals surface area contributed by atoms with Crippen molar-refractivity contribution in [1.82, 2.24) is 10.6 Å². The second kappa shape index (κ2) is 7.87. The highest BCUT2D eigenvalue weighted by atomic mass is 16.5. The lowest BCUT2D eigenvalue weighted by molar-refractivity contribution is -0.139. The van der Waals surface area contributed by atoms with Crippen LogP contribution in [0.3, 0.4) is 0 Å². The fourth-order valence-electron chi connectivity index (χ4n) is 1.89. The lowest BCUT2D eigenvalue weighted by Crippen LogP contribution is -2.40. The summed E-state index contributed by atoms with van der Waals surface area (Å²) in [5, 5.41) is 5.06. The van der Waals surface area contributed by atoms with Gasteiger partial charge in [0.15, 0.2) is 0 Å². The number of rotatable bonds is 6. The second-order valence-electron chi connectivity index (χ2n) is 4.62. The fraction of sp³-hybridized carbons (Fsp3) is 0.250. The first-order valence-corrected chi connectivity index (χ1v) is 6.90. The molecular formula is C16H18N2O4. The van der Waals surface area contributed by atoms with E-state index in [9.17, 15) is 9.59 Å². The third-order valence-electron chi connectivity index (χ3n) is 3.04. The number of amides is 2. The van der Waals surface area contributed by atoms with E-state index in [4.69, 9.17) is 9.15 Å². The summed E-state index contributed by atoms with van der Waals surface area (Å²) in [4.78, 5) is 23.2. The monoisotopic (exact) mass is 302 g/mol. The van der Waals surface area contributed by atoms with Gasteiger partial charge >= 0.3 is 11.8 Å². The summed E-state index contributed by atoms with van der Waals surface area (Å²) in [7, 11) is 1.60. The van der Waals surface area contributed by atoms with E-state index in [1.165, 1.54) is 6.26 Å². The van der Waals surface area contributed by atoms with Crippen molar-refractivity contribution in [3.05, 3.63) is 54.0 Å². The van der Waals surface area contributed by atoms with Crippen LogP contribution in [-0.2, 0) is 22.6 Å². The number of furan rings is 1. The van der Waals surface area contributed by atoms with Gasteiger partial charge in [-0.3, -0.25) is 9.59 Å². The smallest absolute Gasteiger partial charge is 0.309 e. The molecule has 6 nitrogen and oxygen atoms in total. The Morgan fingerprint density at radius 3 is 2.68 bits per heavy atom. The van der Waals surface area contributed by atoms with Gasteiger partial charge in [0.25, 0.3) is 0 Å². The van der Waals surface area contributed by atoms with Crippen molar-refractivity contribution < 1.29 is 18.7 Å². The summed E-state index contributed by atoms with van der Waals surface area (Å²) < 4.78 is 10.2. The van der Waals surface area contributed by atoms with Crippen LogP contribution in [0.4, 0.5) is 0 Å². The highest BCUT2D eigenvalue weighted by Crippen LogP contribution is 2.12. The number of nitrogens with one attached hydrogen (secondary N) is 2. The highest BCUT2D eigenvalue weighted by Gasteiger charge is 2.12. The van der Waals surface area contributed by atoms with E-state index in [-0.39, 0.29) is 6.54 Å². The predicted octanol–water partition coefficient (Wildman–Crippen LogP) is 1.26. The molecule has 0 aliphatic rings. The first-order chi connectivity index (χ1) is 10.7. The Hall–Kier alpha value is -2.76. The van der Waals surface area contributed by atoms with Gasteiger partial charge in [-0.15, -0.1) is 0 Å². The molecule has 6 heteroatoms. The molecule has 2 rings (SSSR count). The predicted molar refractivity (Wildman–Crippen MR) is 80.3 cm³/mol. The Balaban J connectivity index is 1.71. The fourth-order valence-corrected chi connectivity index (χ4v) is 1.89. The molecular weight excluding hydrogens is 284 g/mol. The molecule has 0 aliphatic carbocycles. The van der Waals surface area contributed by atoms with Gasteiger partial charge in [-0.25, -0.2) is 0 Å². The minimum Gasteiger partial charge on any atom is -0.497 e. The zero-order valence-corrected chi connectivity index (χ0v) is 12.3. The topological polar surface area (TPSA) is 80.6 Å². The molecule has 116 valence electrons. The molecule has 0 saturated heterocycles. The van der Waals surface area contributed by atoms with Crippen LogP contribution in [0.1, 0.15) is 11.3 Å². The minimum absolute atomic E-state index is 0.190. The number of benzene rings is 1. The van der Waals surface area contributed by atoms with E-state index in [1.807, 2.05) is 24.3 Å². The Morgan fingerprint density at radius 1 is 1.14 bits per heavy atom. The Labute approximate surface area is 128 Å². The number of carbonyl (C=O) groups is 2. The molecule has 0 bridgehead atoms. The second-order valence-corrected chi connectivity index (χ2v) is 4.62. The van der Waals surface area contributed by atoms with E-state index in [2.05, 4.69) is 10.6 Å². The number of hydrogen-bond acceptors (Lipinski definition) is 4. The number of hydrogen-bond donors (Lipinski definition) is 2. The largest absolute Gasteiger partial charge is 0.497 e. The molecule has 0 radical (unpaired) electrons. The number of ether oxygens (including phenoxy) is 1. The minimum atomic E-state index is -0.679. The molecule has 0 spiro atoms. The van der Waals surface area contributed by atoms with Crippen molar-refractivity contribution in [2.45, 2.75) is 13.0 Å². The first-order valence-electron chi connectivity index (χ1n) is 6.90. The van der Waals surface area contributed by atoms with Crippen LogP contribution >= 0.6 is 0 Å². The van der Waals surface area contributed by atoms with Crippen molar-refractivity contribution in [3.63, 3.8) is 0 Å². The van der Waals surface area contributed by atoms with Gasteiger partial charge in [0.05, 0.1) is 19.9 Å². The first kappa shape index (κ1) is 15.6. The molecule has 22 heavy (non-hydrogen) atoms. The molecule has 0 unspecified atom stereocenters. The zero-order chi connectivity index (χ0) is 15.8. The summed E-state index contributed by atoms with van der Waals surface area (Å²) in [5.74, 6) is 0.0223. The van der Waals surface area contributed by atoms with Crippen molar-refractivity contribution >= 4 is 11.8 Å². The van der Waals surface area contributed by atoms with Crippen LogP contribution in [0.2, 0.25) is 0 Å². The van der Waals surface area contributed by atoms with E-state index in [0.29, 0.717) is 18.7 Å². The van der Waals surface area contributed by atoms with E-state index >= 15 is 0 Å². The number of methoxy groups -OCH3 is 1. The number of carbonyl (C=O) groups excluding carboxylic acids is 2. The van der Waals surface area contributed by atoms with Crippen molar-refractivity contribution in [1.29, 1.82) is 0 Å². The Bertz CT molecular complexity index is 623. The van der Waals surface area contributed by atoms with E-state index < -0.39 is 11.8 Å². The molecule has 0 aliphatic heterocycles. The van der Waals surface area contributed by atoms with E-state index in [1.54, 1.807) is 19.2 Å². The molecule has 0 fully saturated rings. The van der Waals surface area contributed by atoms with Crippen LogP contribution < -0.4 is 15.4 Å².